The minimum absolute atomic E-state index is 0.877. The van der Waals surface area contributed by atoms with Crippen molar-refractivity contribution in [2.24, 2.45) is 10.9 Å². The number of rotatable bonds is 2. The SMILES string of the molecule is C1CSCC(CNC2=NCCS2)C1. The normalized spacial score (nSPS) is 28.6. The molecule has 0 spiro atoms. The summed E-state index contributed by atoms with van der Waals surface area (Å²) in [5, 5.41) is 4.63. The summed E-state index contributed by atoms with van der Waals surface area (Å²) in [6, 6.07) is 0. The van der Waals surface area contributed by atoms with E-state index in [0.29, 0.717) is 0 Å². The molecule has 13 heavy (non-hydrogen) atoms. The van der Waals surface area contributed by atoms with Gasteiger partial charge < -0.3 is 5.32 Å². The van der Waals surface area contributed by atoms with E-state index in [0.717, 1.165) is 19.0 Å². The maximum Gasteiger partial charge on any atom is 0.156 e. The topological polar surface area (TPSA) is 24.4 Å². The fraction of sp³-hybridized carbons (Fsp3) is 0.889. The van der Waals surface area contributed by atoms with Crippen LogP contribution in [0.3, 0.4) is 0 Å². The van der Waals surface area contributed by atoms with Crippen molar-refractivity contribution in [3.8, 4) is 0 Å². The van der Waals surface area contributed by atoms with Crippen LogP contribution >= 0.6 is 23.5 Å². The molecule has 0 bridgehead atoms. The van der Waals surface area contributed by atoms with Gasteiger partial charge in [-0.05, 0) is 30.3 Å². The van der Waals surface area contributed by atoms with Gasteiger partial charge in [0.25, 0.3) is 0 Å². The number of hydrogen-bond acceptors (Lipinski definition) is 4. The zero-order chi connectivity index (χ0) is 8.93. The quantitative estimate of drug-likeness (QED) is 0.762. The molecular formula is C9H16N2S2. The second kappa shape index (κ2) is 5.15. The van der Waals surface area contributed by atoms with E-state index >= 15 is 0 Å². The van der Waals surface area contributed by atoms with Gasteiger partial charge in [-0.3, -0.25) is 4.99 Å². The molecule has 4 heteroatoms. The molecule has 74 valence electrons. The Balaban J connectivity index is 1.66. The average molecular weight is 216 g/mol. The Labute approximate surface area is 88.3 Å². The van der Waals surface area contributed by atoms with E-state index in [4.69, 9.17) is 0 Å². The highest BCUT2D eigenvalue weighted by atomic mass is 32.2. The molecule has 1 atom stereocenters. The highest BCUT2D eigenvalue weighted by Crippen LogP contribution is 2.22. The van der Waals surface area contributed by atoms with Crippen LogP contribution in [0.4, 0.5) is 0 Å². The number of aliphatic imine (C=N–C) groups is 1. The lowest BCUT2D eigenvalue weighted by Crippen LogP contribution is -2.29. The minimum Gasteiger partial charge on any atom is -0.365 e. The lowest BCUT2D eigenvalue weighted by molar-refractivity contribution is 0.515. The van der Waals surface area contributed by atoms with Gasteiger partial charge in [-0.1, -0.05) is 11.8 Å². The van der Waals surface area contributed by atoms with Gasteiger partial charge in [0.05, 0.1) is 6.54 Å². The van der Waals surface area contributed by atoms with Crippen molar-refractivity contribution in [2.45, 2.75) is 12.8 Å². The lowest BCUT2D eigenvalue weighted by atomic mass is 10.1. The molecule has 2 nitrogen and oxygen atoms in total. The van der Waals surface area contributed by atoms with Crippen LogP contribution in [0.15, 0.2) is 4.99 Å². The molecule has 0 amide bonds. The minimum atomic E-state index is 0.877. The van der Waals surface area contributed by atoms with E-state index in [1.807, 2.05) is 11.8 Å². The third-order valence-electron chi connectivity index (χ3n) is 2.38. The van der Waals surface area contributed by atoms with Crippen LogP contribution in [0.5, 0.6) is 0 Å². The molecule has 1 fully saturated rings. The van der Waals surface area contributed by atoms with Gasteiger partial charge in [0, 0.05) is 12.3 Å². The van der Waals surface area contributed by atoms with Crippen molar-refractivity contribution in [1.82, 2.24) is 5.32 Å². The second-order valence-electron chi connectivity index (χ2n) is 3.50. The Bertz CT molecular complexity index is 188. The molecule has 0 saturated carbocycles. The molecule has 2 rings (SSSR count). The molecule has 1 N–H and O–H groups in total. The molecule has 2 heterocycles. The summed E-state index contributed by atoms with van der Waals surface area (Å²) in [5.74, 6) is 4.75. The molecule has 0 aromatic rings. The maximum atomic E-state index is 4.38. The molecule has 0 aromatic heterocycles. The molecule has 1 unspecified atom stereocenters. The Hall–Kier alpha value is 0.170. The van der Waals surface area contributed by atoms with Crippen molar-refractivity contribution < 1.29 is 0 Å². The summed E-state index contributed by atoms with van der Waals surface area (Å²) in [7, 11) is 0. The first-order valence-electron chi connectivity index (χ1n) is 4.94. The van der Waals surface area contributed by atoms with Crippen LogP contribution in [0.2, 0.25) is 0 Å². The van der Waals surface area contributed by atoms with Crippen LogP contribution in [0.25, 0.3) is 0 Å². The smallest absolute Gasteiger partial charge is 0.156 e. The highest BCUT2D eigenvalue weighted by molar-refractivity contribution is 8.14. The Kier molecular flexibility index (Phi) is 3.85. The average Bonchev–Trinajstić information content (AvgIpc) is 2.69. The predicted octanol–water partition coefficient (Wildman–Crippen LogP) is 1.82. The summed E-state index contributed by atoms with van der Waals surface area (Å²) in [5.41, 5.74) is 0. The Morgan fingerprint density at radius 3 is 3.15 bits per heavy atom. The molecule has 1 saturated heterocycles. The van der Waals surface area contributed by atoms with E-state index in [-0.39, 0.29) is 0 Å². The van der Waals surface area contributed by atoms with E-state index in [1.165, 1.54) is 35.3 Å². The third-order valence-corrected chi connectivity index (χ3v) is 4.60. The van der Waals surface area contributed by atoms with E-state index in [1.54, 1.807) is 0 Å². The zero-order valence-electron chi connectivity index (χ0n) is 7.79. The number of amidine groups is 1. The Morgan fingerprint density at radius 1 is 1.46 bits per heavy atom. The van der Waals surface area contributed by atoms with Gasteiger partial charge >= 0.3 is 0 Å². The van der Waals surface area contributed by atoms with Crippen molar-refractivity contribution >= 4 is 28.7 Å². The standard InChI is InChI=1S/C9H16N2S2/c1-2-8(7-12-4-1)6-11-9-10-3-5-13-9/h8H,1-7H2,(H,10,11). The summed E-state index contributed by atoms with van der Waals surface area (Å²) < 4.78 is 0. The van der Waals surface area contributed by atoms with Crippen LogP contribution in [-0.4, -0.2) is 35.5 Å². The van der Waals surface area contributed by atoms with Gasteiger partial charge in [0.2, 0.25) is 0 Å². The second-order valence-corrected chi connectivity index (χ2v) is 5.73. The van der Waals surface area contributed by atoms with E-state index in [2.05, 4.69) is 22.1 Å². The van der Waals surface area contributed by atoms with Gasteiger partial charge in [0.15, 0.2) is 5.17 Å². The van der Waals surface area contributed by atoms with Crippen molar-refractivity contribution in [1.29, 1.82) is 0 Å². The van der Waals surface area contributed by atoms with Gasteiger partial charge in [-0.25, -0.2) is 0 Å². The molecule has 2 aliphatic heterocycles. The molecule has 0 aromatic carbocycles. The highest BCUT2D eigenvalue weighted by Gasteiger charge is 2.14. The predicted molar refractivity (Wildman–Crippen MR) is 62.8 cm³/mol. The maximum absolute atomic E-state index is 4.38. The molecule has 0 radical (unpaired) electrons. The zero-order valence-corrected chi connectivity index (χ0v) is 9.42. The van der Waals surface area contributed by atoms with Gasteiger partial charge in [-0.2, -0.15) is 11.8 Å². The first kappa shape index (κ1) is 9.71. The molecule has 2 aliphatic rings. The first-order valence-corrected chi connectivity index (χ1v) is 7.08. The van der Waals surface area contributed by atoms with Gasteiger partial charge in [0.1, 0.15) is 0 Å². The van der Waals surface area contributed by atoms with E-state index in [9.17, 15) is 0 Å². The lowest BCUT2D eigenvalue weighted by Gasteiger charge is -2.21. The van der Waals surface area contributed by atoms with Crippen molar-refractivity contribution in [3.63, 3.8) is 0 Å². The van der Waals surface area contributed by atoms with Crippen LogP contribution in [0, 0.1) is 5.92 Å². The van der Waals surface area contributed by atoms with Gasteiger partial charge in [-0.15, -0.1) is 0 Å². The fourth-order valence-corrected chi connectivity index (χ4v) is 3.54. The van der Waals surface area contributed by atoms with Crippen molar-refractivity contribution in [3.05, 3.63) is 0 Å². The third kappa shape index (κ3) is 3.09. The summed E-state index contributed by atoms with van der Waals surface area (Å²) in [6.45, 7) is 2.14. The van der Waals surface area contributed by atoms with Crippen LogP contribution < -0.4 is 5.32 Å². The van der Waals surface area contributed by atoms with Crippen LogP contribution in [-0.2, 0) is 0 Å². The number of nitrogens with zero attached hydrogens (tertiary/aromatic N) is 1. The number of thioether (sulfide) groups is 2. The van der Waals surface area contributed by atoms with Crippen LogP contribution in [0.1, 0.15) is 12.8 Å². The largest absolute Gasteiger partial charge is 0.365 e. The van der Waals surface area contributed by atoms with E-state index < -0.39 is 0 Å². The Morgan fingerprint density at radius 2 is 2.46 bits per heavy atom. The fourth-order valence-electron chi connectivity index (χ4n) is 1.64. The molecule has 0 aliphatic carbocycles. The number of nitrogens with one attached hydrogen (secondary N) is 1. The monoisotopic (exact) mass is 216 g/mol. The summed E-state index contributed by atoms with van der Waals surface area (Å²) in [6.07, 6.45) is 2.80. The molecular weight excluding hydrogens is 200 g/mol. The first-order chi connectivity index (χ1) is 6.45. The summed E-state index contributed by atoms with van der Waals surface area (Å²) in [4.78, 5) is 4.38. The number of hydrogen-bond donors (Lipinski definition) is 1. The summed E-state index contributed by atoms with van der Waals surface area (Å²) >= 11 is 3.96. The van der Waals surface area contributed by atoms with Crippen molar-refractivity contribution in [2.75, 3.05) is 30.3 Å².